The molecule has 0 heterocycles. The van der Waals surface area contributed by atoms with E-state index in [0.29, 0.717) is 6.29 Å². The smallest absolute Gasteiger partial charge is 0.308 e. The van der Waals surface area contributed by atoms with Crippen molar-refractivity contribution < 1.29 is 19.1 Å². The third-order valence-electron chi connectivity index (χ3n) is 2.84. The van der Waals surface area contributed by atoms with Gasteiger partial charge in [0.25, 0.3) is 0 Å². The second-order valence-electron chi connectivity index (χ2n) is 4.40. The van der Waals surface area contributed by atoms with Gasteiger partial charge in [0, 0.05) is 6.92 Å². The van der Waals surface area contributed by atoms with E-state index in [1.807, 2.05) is 30.3 Å². The van der Waals surface area contributed by atoms with Crippen molar-refractivity contribution in [2.75, 3.05) is 0 Å². The summed E-state index contributed by atoms with van der Waals surface area (Å²) in [5, 5.41) is 2.74. The van der Waals surface area contributed by atoms with Crippen LogP contribution in [-0.4, -0.2) is 12.3 Å². The van der Waals surface area contributed by atoms with Crippen molar-refractivity contribution in [3.8, 4) is 11.5 Å². The van der Waals surface area contributed by atoms with E-state index in [1.54, 1.807) is 0 Å². The van der Waals surface area contributed by atoms with Gasteiger partial charge in [0.15, 0.2) is 17.8 Å². The molecule has 0 atom stereocenters. The first kappa shape index (κ1) is 15.4. The number of aldehydes is 1. The van der Waals surface area contributed by atoms with Crippen LogP contribution in [0.2, 0.25) is 0 Å². The van der Waals surface area contributed by atoms with Gasteiger partial charge in [-0.05, 0) is 22.9 Å². The van der Waals surface area contributed by atoms with Crippen LogP contribution in [-0.2, 0) is 11.4 Å². The molecule has 0 spiro atoms. The van der Waals surface area contributed by atoms with Crippen LogP contribution < -0.4 is 9.47 Å². The van der Waals surface area contributed by atoms with Crippen LogP contribution in [0.15, 0.2) is 47.6 Å². The fourth-order valence-corrected chi connectivity index (χ4v) is 1.86. The zero-order valence-corrected chi connectivity index (χ0v) is 11.8. The highest BCUT2D eigenvalue weighted by molar-refractivity contribution is 5.90. The fourth-order valence-electron chi connectivity index (χ4n) is 1.86. The van der Waals surface area contributed by atoms with Gasteiger partial charge in [0.2, 0.25) is 0 Å². The Bertz CT molecular complexity index is 697. The molecule has 6 nitrogen and oxygen atoms in total. The van der Waals surface area contributed by atoms with Gasteiger partial charge < -0.3 is 9.47 Å². The minimum atomic E-state index is -0.629. The highest BCUT2D eigenvalue weighted by Gasteiger charge is 2.18. The largest absolute Gasteiger partial charge is 0.485 e. The van der Waals surface area contributed by atoms with Crippen LogP contribution in [0.25, 0.3) is 0 Å². The van der Waals surface area contributed by atoms with E-state index in [9.17, 15) is 14.5 Å². The molecular weight excluding hydrogens is 286 g/mol. The maximum atomic E-state index is 11.2. The number of benzene rings is 2. The van der Waals surface area contributed by atoms with Gasteiger partial charge in [0.05, 0.1) is 5.56 Å². The molecular formula is C16H13NO5. The molecule has 0 unspecified atom stereocenters. The summed E-state index contributed by atoms with van der Waals surface area (Å²) < 4.78 is 10.6. The molecule has 0 fully saturated rings. The average Bonchev–Trinajstić information content (AvgIpc) is 2.53. The molecule has 2 aromatic rings. The van der Waals surface area contributed by atoms with Gasteiger partial charge in [-0.25, -0.2) is 0 Å². The molecule has 0 amide bonds. The van der Waals surface area contributed by atoms with Crippen LogP contribution in [0.1, 0.15) is 22.8 Å². The summed E-state index contributed by atoms with van der Waals surface area (Å²) in [5.41, 5.74) is 0.676. The van der Waals surface area contributed by atoms with E-state index in [2.05, 4.69) is 5.18 Å². The van der Waals surface area contributed by atoms with Crippen molar-refractivity contribution in [3.05, 3.63) is 58.5 Å². The van der Waals surface area contributed by atoms with Crippen molar-refractivity contribution in [3.63, 3.8) is 0 Å². The van der Waals surface area contributed by atoms with Crippen molar-refractivity contribution in [1.29, 1.82) is 0 Å². The minimum absolute atomic E-state index is 0.101. The molecule has 0 saturated carbocycles. The van der Waals surface area contributed by atoms with Crippen LogP contribution in [0.5, 0.6) is 11.5 Å². The fraction of sp³-hybridized carbons (Fsp3) is 0.125. The first-order chi connectivity index (χ1) is 10.7. The van der Waals surface area contributed by atoms with Crippen molar-refractivity contribution >= 4 is 17.9 Å². The monoisotopic (exact) mass is 299 g/mol. The zero-order valence-electron chi connectivity index (χ0n) is 11.8. The van der Waals surface area contributed by atoms with Crippen LogP contribution in [0, 0.1) is 4.91 Å². The summed E-state index contributed by atoms with van der Waals surface area (Å²) in [7, 11) is 0. The number of carbonyl (C=O) groups is 2. The Morgan fingerprint density at radius 1 is 1.18 bits per heavy atom. The molecule has 0 N–H and O–H groups in total. The second kappa shape index (κ2) is 7.12. The van der Waals surface area contributed by atoms with Crippen molar-refractivity contribution in [1.82, 2.24) is 0 Å². The van der Waals surface area contributed by atoms with E-state index < -0.39 is 5.97 Å². The van der Waals surface area contributed by atoms with Gasteiger partial charge in [-0.2, -0.15) is 0 Å². The number of ether oxygens (including phenoxy) is 2. The highest BCUT2D eigenvalue weighted by Crippen LogP contribution is 2.37. The molecule has 22 heavy (non-hydrogen) atoms. The zero-order chi connectivity index (χ0) is 15.9. The number of esters is 1. The van der Waals surface area contributed by atoms with E-state index in [4.69, 9.17) is 9.47 Å². The Labute approximate surface area is 126 Å². The van der Waals surface area contributed by atoms with Gasteiger partial charge >= 0.3 is 5.97 Å². The van der Waals surface area contributed by atoms with Crippen molar-refractivity contribution in [2.45, 2.75) is 13.5 Å². The van der Waals surface area contributed by atoms with E-state index in [-0.39, 0.29) is 29.4 Å². The lowest BCUT2D eigenvalue weighted by atomic mass is 10.1. The Hall–Kier alpha value is -3.02. The molecule has 0 aromatic heterocycles. The second-order valence-corrected chi connectivity index (χ2v) is 4.40. The Balaban J connectivity index is 2.35. The molecule has 0 bridgehead atoms. The minimum Gasteiger partial charge on any atom is -0.485 e. The topological polar surface area (TPSA) is 82.0 Å². The Kier molecular flexibility index (Phi) is 4.98. The molecule has 0 saturated heterocycles. The van der Waals surface area contributed by atoms with Gasteiger partial charge in [-0.1, -0.05) is 30.3 Å². The molecule has 0 radical (unpaired) electrons. The van der Waals surface area contributed by atoms with E-state index >= 15 is 0 Å². The predicted molar refractivity (Wildman–Crippen MR) is 79.4 cm³/mol. The SMILES string of the molecule is CC(=O)Oc1c(OCc2ccccc2)ccc(N=O)c1C=O. The summed E-state index contributed by atoms with van der Waals surface area (Å²) >= 11 is 0. The number of hydrogen-bond acceptors (Lipinski definition) is 6. The van der Waals surface area contributed by atoms with E-state index in [0.717, 1.165) is 5.56 Å². The number of nitroso groups, excluding NO2 is 1. The summed E-state index contributed by atoms with van der Waals surface area (Å²) in [6.45, 7) is 1.41. The lowest BCUT2D eigenvalue weighted by Crippen LogP contribution is -2.07. The summed E-state index contributed by atoms with van der Waals surface area (Å²) in [5.74, 6) is -0.542. The quantitative estimate of drug-likeness (QED) is 0.353. The molecule has 0 aliphatic heterocycles. The standard InChI is InChI=1S/C16H13NO5/c1-11(19)22-16-13(9-18)14(17-20)7-8-15(16)21-10-12-5-3-2-4-6-12/h2-9H,10H2,1H3. The maximum absolute atomic E-state index is 11.2. The van der Waals surface area contributed by atoms with Crippen LogP contribution in [0.3, 0.4) is 0 Å². The number of rotatable bonds is 6. The Morgan fingerprint density at radius 3 is 2.50 bits per heavy atom. The van der Waals surface area contributed by atoms with Gasteiger partial charge in [0.1, 0.15) is 12.3 Å². The summed E-state index contributed by atoms with van der Waals surface area (Å²) in [6.07, 6.45) is 0.407. The predicted octanol–water partition coefficient (Wildman–Crippen LogP) is 3.40. The maximum Gasteiger partial charge on any atom is 0.308 e. The number of hydrogen-bond donors (Lipinski definition) is 0. The molecule has 0 aliphatic rings. The lowest BCUT2D eigenvalue weighted by Gasteiger charge is -2.13. The summed E-state index contributed by atoms with van der Waals surface area (Å²) in [4.78, 5) is 33.1. The molecule has 6 heteroatoms. The third-order valence-corrected chi connectivity index (χ3v) is 2.84. The molecule has 2 aromatic carbocycles. The molecule has 112 valence electrons. The molecule has 2 rings (SSSR count). The van der Waals surface area contributed by atoms with Crippen LogP contribution >= 0.6 is 0 Å². The average molecular weight is 299 g/mol. The highest BCUT2D eigenvalue weighted by atomic mass is 16.6. The third kappa shape index (κ3) is 3.54. The number of nitrogens with zero attached hydrogens (tertiary/aromatic N) is 1. The first-order valence-corrected chi connectivity index (χ1v) is 6.46. The Morgan fingerprint density at radius 2 is 1.91 bits per heavy atom. The van der Waals surface area contributed by atoms with Crippen molar-refractivity contribution in [2.24, 2.45) is 5.18 Å². The number of carbonyl (C=O) groups excluding carboxylic acids is 2. The van der Waals surface area contributed by atoms with E-state index in [1.165, 1.54) is 19.1 Å². The molecule has 0 aliphatic carbocycles. The lowest BCUT2D eigenvalue weighted by molar-refractivity contribution is -0.132. The van der Waals surface area contributed by atoms with Gasteiger partial charge in [-0.15, -0.1) is 4.91 Å². The first-order valence-electron chi connectivity index (χ1n) is 6.46. The normalized spacial score (nSPS) is 9.86. The van der Waals surface area contributed by atoms with Gasteiger partial charge in [-0.3, -0.25) is 9.59 Å². The van der Waals surface area contributed by atoms with Crippen LogP contribution in [0.4, 0.5) is 5.69 Å². The summed E-state index contributed by atoms with van der Waals surface area (Å²) in [6, 6.07) is 12.1.